The average Bonchev–Trinajstić information content (AvgIpc) is 2.72. The van der Waals surface area contributed by atoms with Crippen LogP contribution in [0, 0.1) is 14.9 Å². The third-order valence-electron chi connectivity index (χ3n) is 4.23. The molecule has 0 heterocycles. The van der Waals surface area contributed by atoms with Crippen LogP contribution in [0.2, 0.25) is 15.1 Å². The molecule has 3 rings (SSSR count). The quantitative estimate of drug-likeness (QED) is 0.172. The fourth-order valence-electron chi connectivity index (χ4n) is 2.73. The van der Waals surface area contributed by atoms with E-state index in [9.17, 15) is 5.26 Å². The molecular weight excluding hydrogens is 556 g/mol. The number of allylic oxidation sites excluding steroid dienone is 1. The van der Waals surface area contributed by atoms with Gasteiger partial charge >= 0.3 is 0 Å². The first-order valence-electron chi connectivity index (χ1n) is 8.73. The van der Waals surface area contributed by atoms with Gasteiger partial charge in [-0.1, -0.05) is 53.0 Å². The number of rotatable bonds is 6. The van der Waals surface area contributed by atoms with Gasteiger partial charge in [-0.3, -0.25) is 0 Å². The summed E-state index contributed by atoms with van der Waals surface area (Å²) in [6.45, 7) is 0.202. The Morgan fingerprint density at radius 1 is 1.03 bits per heavy atom. The van der Waals surface area contributed by atoms with E-state index in [4.69, 9.17) is 44.3 Å². The fraction of sp³-hybridized carbons (Fsp3) is 0.0870. The van der Waals surface area contributed by atoms with E-state index in [1.807, 2.05) is 24.3 Å². The van der Waals surface area contributed by atoms with E-state index in [0.29, 0.717) is 32.1 Å². The molecule has 3 aromatic carbocycles. The lowest BCUT2D eigenvalue weighted by molar-refractivity contribution is 0.285. The van der Waals surface area contributed by atoms with Gasteiger partial charge in [-0.15, -0.1) is 0 Å². The Labute approximate surface area is 203 Å². The van der Waals surface area contributed by atoms with Crippen LogP contribution in [-0.4, -0.2) is 7.11 Å². The minimum Gasteiger partial charge on any atom is -0.493 e. The first kappa shape index (κ1) is 22.8. The van der Waals surface area contributed by atoms with Gasteiger partial charge in [-0.25, -0.2) is 0 Å². The Hall–Kier alpha value is -1.91. The highest BCUT2D eigenvalue weighted by atomic mass is 127. The molecule has 3 aromatic rings. The summed E-state index contributed by atoms with van der Waals surface area (Å²) in [6, 6.07) is 18.6. The van der Waals surface area contributed by atoms with Gasteiger partial charge in [0.05, 0.1) is 23.8 Å². The van der Waals surface area contributed by atoms with Gasteiger partial charge in [0.25, 0.3) is 0 Å². The van der Waals surface area contributed by atoms with Crippen molar-refractivity contribution in [3.05, 3.63) is 89.9 Å². The van der Waals surface area contributed by atoms with Gasteiger partial charge in [0, 0.05) is 19.2 Å². The molecule has 0 aromatic heterocycles. The molecule has 0 radical (unpaired) electrons. The summed E-state index contributed by atoms with van der Waals surface area (Å²) < 4.78 is 12.4. The normalized spacial score (nSPS) is 11.1. The summed E-state index contributed by atoms with van der Waals surface area (Å²) >= 11 is 20.8. The second-order valence-electron chi connectivity index (χ2n) is 6.24. The maximum absolute atomic E-state index is 9.59. The third kappa shape index (κ3) is 5.61. The highest BCUT2D eigenvalue weighted by Crippen LogP contribution is 2.38. The molecule has 0 saturated heterocycles. The number of ether oxygens (including phenoxy) is 2. The number of hydrogen-bond donors (Lipinski definition) is 0. The van der Waals surface area contributed by atoms with E-state index in [-0.39, 0.29) is 6.61 Å². The standard InChI is InChI=1S/C23H15Cl3INO2/c1-29-22-10-14(8-17(12-28)15-3-6-19(27)7-4-15)9-21(26)23(22)30-13-16-2-5-18(24)11-20(16)25/h2-11H,13H2,1H3/b17-8-. The van der Waals surface area contributed by atoms with Crippen molar-refractivity contribution < 1.29 is 9.47 Å². The minimum atomic E-state index is 0.202. The van der Waals surface area contributed by atoms with E-state index >= 15 is 0 Å². The molecule has 0 amide bonds. The summed E-state index contributed by atoms with van der Waals surface area (Å²) in [7, 11) is 1.53. The van der Waals surface area contributed by atoms with Crippen molar-refractivity contribution in [1.29, 1.82) is 5.26 Å². The lowest BCUT2D eigenvalue weighted by Crippen LogP contribution is -1.99. The van der Waals surface area contributed by atoms with Crippen LogP contribution in [0.3, 0.4) is 0 Å². The third-order valence-corrected chi connectivity index (χ3v) is 5.81. The number of methoxy groups -OCH3 is 1. The van der Waals surface area contributed by atoms with Gasteiger partial charge in [-0.2, -0.15) is 5.26 Å². The first-order valence-corrected chi connectivity index (χ1v) is 10.9. The van der Waals surface area contributed by atoms with E-state index in [1.54, 1.807) is 36.4 Å². The monoisotopic (exact) mass is 569 g/mol. The second-order valence-corrected chi connectivity index (χ2v) is 8.73. The topological polar surface area (TPSA) is 42.2 Å². The van der Waals surface area contributed by atoms with E-state index < -0.39 is 0 Å². The molecule has 3 nitrogen and oxygen atoms in total. The average molecular weight is 571 g/mol. The number of nitriles is 1. The maximum atomic E-state index is 9.59. The van der Waals surface area contributed by atoms with Crippen LogP contribution in [0.1, 0.15) is 16.7 Å². The molecule has 0 spiro atoms. The molecule has 152 valence electrons. The van der Waals surface area contributed by atoms with Crippen LogP contribution in [0.5, 0.6) is 11.5 Å². The zero-order valence-electron chi connectivity index (χ0n) is 15.8. The summed E-state index contributed by atoms with van der Waals surface area (Å²) in [5.41, 5.74) is 2.84. The SMILES string of the molecule is COc1cc(/C=C(/C#N)c2ccc(I)cc2)cc(Cl)c1OCc1ccc(Cl)cc1Cl. The summed E-state index contributed by atoms with van der Waals surface area (Å²) in [5, 5.41) is 11.0. The lowest BCUT2D eigenvalue weighted by Gasteiger charge is -2.14. The number of hydrogen-bond acceptors (Lipinski definition) is 3. The molecule has 0 aliphatic rings. The molecule has 7 heteroatoms. The predicted molar refractivity (Wildman–Crippen MR) is 131 cm³/mol. The predicted octanol–water partition coefficient (Wildman–Crippen LogP) is 7.90. The van der Waals surface area contributed by atoms with Crippen molar-refractivity contribution in [3.63, 3.8) is 0 Å². The zero-order valence-corrected chi connectivity index (χ0v) is 20.2. The van der Waals surface area contributed by atoms with E-state index in [1.165, 1.54) is 7.11 Å². The molecule has 0 fully saturated rings. The number of halogens is 4. The van der Waals surface area contributed by atoms with Crippen LogP contribution in [0.4, 0.5) is 0 Å². The molecule has 0 aliphatic heterocycles. The van der Waals surface area contributed by atoms with Crippen LogP contribution < -0.4 is 9.47 Å². The number of benzene rings is 3. The zero-order chi connectivity index (χ0) is 21.7. The molecule has 0 aliphatic carbocycles. The Morgan fingerprint density at radius 2 is 1.77 bits per heavy atom. The molecular formula is C23H15Cl3INO2. The van der Waals surface area contributed by atoms with Gasteiger partial charge in [0.15, 0.2) is 11.5 Å². The highest BCUT2D eigenvalue weighted by molar-refractivity contribution is 14.1. The molecule has 0 bridgehead atoms. The minimum absolute atomic E-state index is 0.202. The van der Waals surface area contributed by atoms with Crippen LogP contribution >= 0.6 is 57.4 Å². The van der Waals surface area contributed by atoms with Crippen molar-refractivity contribution in [2.24, 2.45) is 0 Å². The van der Waals surface area contributed by atoms with Crippen molar-refractivity contribution in [3.8, 4) is 17.6 Å². The Kier molecular flexibility index (Phi) is 7.90. The van der Waals surface area contributed by atoms with Crippen molar-refractivity contribution >= 4 is 69.0 Å². The first-order chi connectivity index (χ1) is 14.4. The highest BCUT2D eigenvalue weighted by Gasteiger charge is 2.13. The lowest BCUT2D eigenvalue weighted by atomic mass is 10.0. The van der Waals surface area contributed by atoms with Crippen molar-refractivity contribution in [2.75, 3.05) is 7.11 Å². The Morgan fingerprint density at radius 3 is 2.40 bits per heavy atom. The molecule has 0 unspecified atom stereocenters. The largest absolute Gasteiger partial charge is 0.493 e. The summed E-state index contributed by atoms with van der Waals surface area (Å²) in [6.07, 6.45) is 1.76. The van der Waals surface area contributed by atoms with Crippen LogP contribution in [0.15, 0.2) is 54.6 Å². The van der Waals surface area contributed by atoms with E-state index in [0.717, 1.165) is 20.3 Å². The van der Waals surface area contributed by atoms with Gasteiger partial charge in [-0.05, 0) is 76.2 Å². The maximum Gasteiger partial charge on any atom is 0.180 e. The van der Waals surface area contributed by atoms with Gasteiger partial charge < -0.3 is 9.47 Å². The molecule has 0 N–H and O–H groups in total. The Bertz CT molecular complexity index is 1140. The second kappa shape index (κ2) is 10.4. The van der Waals surface area contributed by atoms with Crippen molar-refractivity contribution in [1.82, 2.24) is 0 Å². The van der Waals surface area contributed by atoms with Gasteiger partial charge in [0.2, 0.25) is 0 Å². The van der Waals surface area contributed by atoms with E-state index in [2.05, 4.69) is 28.7 Å². The van der Waals surface area contributed by atoms with Gasteiger partial charge in [0.1, 0.15) is 6.61 Å². The summed E-state index contributed by atoms with van der Waals surface area (Å²) in [5.74, 6) is 0.855. The molecule has 0 saturated carbocycles. The Balaban J connectivity index is 1.89. The van der Waals surface area contributed by atoms with Crippen molar-refractivity contribution in [2.45, 2.75) is 6.61 Å². The van der Waals surface area contributed by atoms with Crippen LogP contribution in [-0.2, 0) is 6.61 Å². The smallest absolute Gasteiger partial charge is 0.180 e. The molecule has 0 atom stereocenters. The summed E-state index contributed by atoms with van der Waals surface area (Å²) in [4.78, 5) is 0. The number of nitrogens with zero attached hydrogens (tertiary/aromatic N) is 1. The fourth-order valence-corrected chi connectivity index (χ4v) is 3.82. The van der Waals surface area contributed by atoms with Crippen LogP contribution in [0.25, 0.3) is 11.6 Å². The molecule has 30 heavy (non-hydrogen) atoms.